The van der Waals surface area contributed by atoms with Crippen molar-refractivity contribution in [3.63, 3.8) is 0 Å². The molecule has 0 atom stereocenters. The summed E-state index contributed by atoms with van der Waals surface area (Å²) in [7, 11) is -4.00. The largest absolute Gasteiger partial charge is 0.355 e. The second kappa shape index (κ2) is 7.85. The highest BCUT2D eigenvalue weighted by molar-refractivity contribution is 7.91. The van der Waals surface area contributed by atoms with Crippen LogP contribution in [0.4, 0.5) is 8.78 Å². The Kier molecular flexibility index (Phi) is 6.85. The molecule has 0 fully saturated rings. The molecule has 0 saturated heterocycles. The first-order chi connectivity index (χ1) is 10.9. The number of hydrogen-bond acceptors (Lipinski definition) is 5. The van der Waals surface area contributed by atoms with Crippen LogP contribution in [0.25, 0.3) is 0 Å². The third-order valence-electron chi connectivity index (χ3n) is 3.06. The molecule has 4 N–H and O–H groups in total. The third kappa shape index (κ3) is 6.42. The van der Waals surface area contributed by atoms with Crippen molar-refractivity contribution in [2.45, 2.75) is 37.3 Å². The summed E-state index contributed by atoms with van der Waals surface area (Å²) < 4.78 is 51.9. The number of sulfonamides is 1. The van der Waals surface area contributed by atoms with Gasteiger partial charge in [-0.1, -0.05) is 20.8 Å². The summed E-state index contributed by atoms with van der Waals surface area (Å²) >= 11 is 0.979. The molecule has 1 rings (SSSR count). The number of halogens is 2. The van der Waals surface area contributed by atoms with Crippen LogP contribution in [0.15, 0.2) is 16.3 Å². The highest BCUT2D eigenvalue weighted by Crippen LogP contribution is 2.22. The second-order valence-electron chi connectivity index (χ2n) is 6.36. The van der Waals surface area contributed by atoms with Gasteiger partial charge in [0, 0.05) is 16.8 Å². The van der Waals surface area contributed by atoms with Crippen LogP contribution in [0.1, 0.15) is 25.6 Å². The van der Waals surface area contributed by atoms with Crippen LogP contribution in [-0.4, -0.2) is 39.9 Å². The van der Waals surface area contributed by atoms with Gasteiger partial charge in [0.15, 0.2) is 0 Å². The number of amides is 1. The molecule has 1 aromatic heterocycles. The summed E-state index contributed by atoms with van der Waals surface area (Å²) in [5.74, 6) is -3.39. The molecule has 0 saturated carbocycles. The van der Waals surface area contributed by atoms with Crippen LogP contribution >= 0.6 is 11.3 Å². The lowest BCUT2D eigenvalue weighted by Gasteiger charge is -2.17. The molecule has 6 nitrogen and oxygen atoms in total. The monoisotopic (exact) mass is 383 g/mol. The average Bonchev–Trinajstić information content (AvgIpc) is 2.94. The normalized spacial score (nSPS) is 13.1. The van der Waals surface area contributed by atoms with Crippen molar-refractivity contribution in [2.24, 2.45) is 11.1 Å². The molecule has 138 valence electrons. The lowest BCUT2D eigenvalue weighted by Crippen LogP contribution is -2.41. The lowest BCUT2D eigenvalue weighted by molar-refractivity contribution is -0.128. The Morgan fingerprint density at radius 3 is 2.46 bits per heavy atom. The fourth-order valence-corrected chi connectivity index (χ4v) is 4.01. The zero-order valence-corrected chi connectivity index (χ0v) is 15.5. The standard InChI is InChI=1S/C14H23F2N3O3S2/c1-13(2,3)12(20)18-7-6-10-4-5-11(23-10)24(21,22)19-9-14(15,16)8-17/h4-5,19H,6-9,17H2,1-3H3,(H,18,20). The summed E-state index contributed by atoms with van der Waals surface area (Å²) in [6.45, 7) is 3.77. The van der Waals surface area contributed by atoms with E-state index < -0.39 is 34.5 Å². The van der Waals surface area contributed by atoms with Crippen LogP contribution in [0, 0.1) is 5.41 Å². The molecule has 1 aromatic rings. The van der Waals surface area contributed by atoms with Crippen molar-refractivity contribution >= 4 is 27.3 Å². The summed E-state index contributed by atoms with van der Waals surface area (Å²) in [6.07, 6.45) is 0.459. The number of thiophene rings is 1. The fourth-order valence-electron chi connectivity index (χ4n) is 1.55. The lowest BCUT2D eigenvalue weighted by atomic mass is 9.96. The smallest absolute Gasteiger partial charge is 0.273 e. The maximum absolute atomic E-state index is 13.1. The van der Waals surface area contributed by atoms with E-state index in [1.807, 2.05) is 4.72 Å². The minimum absolute atomic E-state index is 0.0486. The molecule has 0 unspecified atom stereocenters. The SMILES string of the molecule is CC(C)(C)C(=O)NCCc1ccc(S(=O)(=O)NCC(F)(F)CN)s1. The summed E-state index contributed by atoms with van der Waals surface area (Å²) in [4.78, 5) is 12.5. The van der Waals surface area contributed by atoms with Gasteiger partial charge in [-0.3, -0.25) is 4.79 Å². The van der Waals surface area contributed by atoms with Gasteiger partial charge in [0.25, 0.3) is 5.92 Å². The van der Waals surface area contributed by atoms with Crippen molar-refractivity contribution in [3.05, 3.63) is 17.0 Å². The van der Waals surface area contributed by atoms with Crippen molar-refractivity contribution in [2.75, 3.05) is 19.6 Å². The summed E-state index contributed by atoms with van der Waals surface area (Å²) in [6, 6.07) is 2.96. The number of alkyl halides is 2. The van der Waals surface area contributed by atoms with Gasteiger partial charge in [-0.25, -0.2) is 21.9 Å². The van der Waals surface area contributed by atoms with Gasteiger partial charge in [-0.05, 0) is 18.6 Å². The molecule has 0 spiro atoms. The predicted octanol–water partition coefficient (Wildman–Crippen LogP) is 1.33. The molecule has 1 amide bonds. The maximum Gasteiger partial charge on any atom is 0.273 e. The van der Waals surface area contributed by atoms with Gasteiger partial charge in [0.1, 0.15) is 4.21 Å². The summed E-state index contributed by atoms with van der Waals surface area (Å²) in [5, 5.41) is 2.76. The number of carbonyl (C=O) groups is 1. The van der Waals surface area contributed by atoms with Gasteiger partial charge in [0.05, 0.1) is 13.1 Å². The number of nitrogens with two attached hydrogens (primary N) is 1. The average molecular weight is 383 g/mol. The quantitative estimate of drug-likeness (QED) is 0.630. The van der Waals surface area contributed by atoms with E-state index in [0.29, 0.717) is 13.0 Å². The van der Waals surface area contributed by atoms with Crippen molar-refractivity contribution in [1.82, 2.24) is 10.0 Å². The number of hydrogen-bond donors (Lipinski definition) is 3. The summed E-state index contributed by atoms with van der Waals surface area (Å²) in [5.41, 5.74) is 4.37. The maximum atomic E-state index is 13.1. The van der Waals surface area contributed by atoms with E-state index in [0.717, 1.165) is 16.2 Å². The van der Waals surface area contributed by atoms with Crippen molar-refractivity contribution in [3.8, 4) is 0 Å². The van der Waals surface area contributed by atoms with Gasteiger partial charge in [-0.15, -0.1) is 11.3 Å². The van der Waals surface area contributed by atoms with E-state index in [-0.39, 0.29) is 10.1 Å². The van der Waals surface area contributed by atoms with Crippen LogP contribution in [-0.2, 0) is 21.2 Å². The van der Waals surface area contributed by atoms with Crippen molar-refractivity contribution < 1.29 is 22.0 Å². The first-order valence-electron chi connectivity index (χ1n) is 7.32. The minimum atomic E-state index is -4.00. The Morgan fingerprint density at radius 2 is 1.92 bits per heavy atom. The Labute approximate surface area is 144 Å². The number of nitrogens with one attached hydrogen (secondary N) is 2. The minimum Gasteiger partial charge on any atom is -0.355 e. The Hall–Kier alpha value is -1.10. The Morgan fingerprint density at radius 1 is 1.29 bits per heavy atom. The van der Waals surface area contributed by atoms with Crippen molar-refractivity contribution in [1.29, 1.82) is 0 Å². The molecule has 24 heavy (non-hydrogen) atoms. The van der Waals surface area contributed by atoms with Gasteiger partial charge in [-0.2, -0.15) is 0 Å². The first kappa shape index (κ1) is 20.9. The highest BCUT2D eigenvalue weighted by Gasteiger charge is 2.30. The molecule has 0 aliphatic carbocycles. The van der Waals surface area contributed by atoms with Gasteiger partial charge in [0.2, 0.25) is 15.9 Å². The van der Waals surface area contributed by atoms with Gasteiger partial charge >= 0.3 is 0 Å². The molecule has 0 bridgehead atoms. The van der Waals surface area contributed by atoms with Crippen LogP contribution < -0.4 is 15.8 Å². The van der Waals surface area contributed by atoms with E-state index in [1.54, 1.807) is 26.8 Å². The molecule has 0 aliphatic rings. The number of rotatable bonds is 8. The first-order valence-corrected chi connectivity index (χ1v) is 9.62. The van der Waals surface area contributed by atoms with E-state index >= 15 is 0 Å². The van der Waals surface area contributed by atoms with Gasteiger partial charge < -0.3 is 11.1 Å². The molecule has 0 aromatic carbocycles. The van der Waals surface area contributed by atoms with E-state index in [9.17, 15) is 22.0 Å². The molecular weight excluding hydrogens is 360 g/mol. The topological polar surface area (TPSA) is 101 Å². The molecule has 10 heteroatoms. The molecule has 0 radical (unpaired) electrons. The molecule has 1 heterocycles. The molecule has 0 aliphatic heterocycles. The molecular formula is C14H23F2N3O3S2. The zero-order chi connectivity index (χ0) is 18.6. The second-order valence-corrected chi connectivity index (χ2v) is 9.52. The van der Waals surface area contributed by atoms with E-state index in [4.69, 9.17) is 5.73 Å². The highest BCUT2D eigenvalue weighted by atomic mass is 32.2. The van der Waals surface area contributed by atoms with Crippen LogP contribution in [0.2, 0.25) is 0 Å². The fraction of sp³-hybridized carbons (Fsp3) is 0.643. The van der Waals surface area contributed by atoms with Crippen LogP contribution in [0.5, 0.6) is 0 Å². The zero-order valence-electron chi connectivity index (χ0n) is 13.9. The van der Waals surface area contributed by atoms with E-state index in [2.05, 4.69) is 5.32 Å². The predicted molar refractivity (Wildman–Crippen MR) is 89.7 cm³/mol. The van der Waals surface area contributed by atoms with E-state index in [1.165, 1.54) is 6.07 Å². The number of carbonyl (C=O) groups excluding carboxylic acids is 1. The Balaban J connectivity index is 2.60. The third-order valence-corrected chi connectivity index (χ3v) is 6.10. The Bertz CT molecular complexity index is 667. The van der Waals surface area contributed by atoms with Crippen LogP contribution in [0.3, 0.4) is 0 Å².